The van der Waals surface area contributed by atoms with Crippen LogP contribution in [0.25, 0.3) is 0 Å². The van der Waals surface area contributed by atoms with Crippen LogP contribution in [0.4, 0.5) is 0 Å². The molecule has 0 aliphatic heterocycles. The second kappa shape index (κ2) is 4.70. The van der Waals surface area contributed by atoms with Gasteiger partial charge in [-0.05, 0) is 17.9 Å². The summed E-state index contributed by atoms with van der Waals surface area (Å²) in [6.45, 7) is 2.09. The highest BCUT2D eigenvalue weighted by molar-refractivity contribution is 7.09. The Balaban J connectivity index is 2.10. The van der Waals surface area contributed by atoms with Crippen molar-refractivity contribution < 1.29 is 10.2 Å². The average molecular weight is 237 g/mol. The molecule has 0 aromatic carbocycles. The maximum absolute atomic E-state index is 9.76. The van der Waals surface area contributed by atoms with Crippen LogP contribution in [0.15, 0.2) is 34.7 Å². The van der Waals surface area contributed by atoms with Crippen molar-refractivity contribution in [2.45, 2.75) is 26.2 Å². The second-order valence-electron chi connectivity index (χ2n) is 4.08. The Morgan fingerprint density at radius 1 is 1.44 bits per heavy atom. The lowest BCUT2D eigenvalue weighted by atomic mass is 9.89. The van der Waals surface area contributed by atoms with E-state index in [0.29, 0.717) is 6.42 Å². The molecular weight excluding hydrogens is 222 g/mol. The number of rotatable bonds is 3. The van der Waals surface area contributed by atoms with Crippen LogP contribution in [-0.2, 0) is 6.42 Å². The fourth-order valence-electron chi connectivity index (χ4n) is 1.95. The highest BCUT2D eigenvalue weighted by Crippen LogP contribution is 2.29. The van der Waals surface area contributed by atoms with E-state index in [1.165, 1.54) is 6.08 Å². The molecule has 0 amide bonds. The van der Waals surface area contributed by atoms with Crippen LogP contribution in [0.3, 0.4) is 0 Å². The van der Waals surface area contributed by atoms with Gasteiger partial charge in [-0.1, -0.05) is 6.92 Å². The fourth-order valence-corrected chi connectivity index (χ4v) is 2.70. The molecule has 1 unspecified atom stereocenters. The summed E-state index contributed by atoms with van der Waals surface area (Å²) in [7, 11) is 0. The first-order valence-corrected chi connectivity index (χ1v) is 6.24. The van der Waals surface area contributed by atoms with Gasteiger partial charge in [0.15, 0.2) is 0 Å². The average Bonchev–Trinajstić information content (AvgIpc) is 2.70. The molecule has 1 aromatic rings. The van der Waals surface area contributed by atoms with Gasteiger partial charge in [0.05, 0.1) is 10.8 Å². The Labute approximate surface area is 98.8 Å². The van der Waals surface area contributed by atoms with E-state index < -0.39 is 0 Å². The maximum Gasteiger partial charge on any atom is 0.118 e. The lowest BCUT2D eigenvalue weighted by Crippen LogP contribution is -2.09. The van der Waals surface area contributed by atoms with Gasteiger partial charge < -0.3 is 10.2 Å². The quantitative estimate of drug-likeness (QED) is 0.847. The SMILES string of the molecule is CC(Cc1nccs1)C1=C(O)C=C(O)CC1. The Morgan fingerprint density at radius 2 is 2.25 bits per heavy atom. The molecule has 2 rings (SSSR count). The standard InChI is InChI=1S/C12H15NO2S/c1-8(6-12-13-4-5-16-12)10-3-2-9(14)7-11(10)15/h4-5,7-8,14-15H,2-3,6H2,1H3. The van der Waals surface area contributed by atoms with Crippen molar-refractivity contribution >= 4 is 11.3 Å². The van der Waals surface area contributed by atoms with Gasteiger partial charge in [0.25, 0.3) is 0 Å². The van der Waals surface area contributed by atoms with Gasteiger partial charge in [-0.15, -0.1) is 11.3 Å². The molecule has 1 aromatic heterocycles. The fraction of sp³-hybridized carbons (Fsp3) is 0.417. The summed E-state index contributed by atoms with van der Waals surface area (Å²) >= 11 is 1.64. The van der Waals surface area contributed by atoms with Gasteiger partial charge in [-0.2, -0.15) is 0 Å². The Morgan fingerprint density at radius 3 is 2.88 bits per heavy atom. The molecule has 4 heteroatoms. The predicted molar refractivity (Wildman–Crippen MR) is 64.6 cm³/mol. The van der Waals surface area contributed by atoms with E-state index in [2.05, 4.69) is 11.9 Å². The van der Waals surface area contributed by atoms with Crippen LogP contribution in [0, 0.1) is 5.92 Å². The summed E-state index contributed by atoms with van der Waals surface area (Å²) in [5, 5.41) is 22.1. The summed E-state index contributed by atoms with van der Waals surface area (Å²) in [6, 6.07) is 0. The summed E-state index contributed by atoms with van der Waals surface area (Å²) in [4.78, 5) is 4.24. The van der Waals surface area contributed by atoms with Crippen molar-refractivity contribution in [1.82, 2.24) is 4.98 Å². The molecule has 1 aliphatic rings. The first-order valence-electron chi connectivity index (χ1n) is 5.36. The predicted octanol–water partition coefficient (Wildman–Crippen LogP) is 3.37. The van der Waals surface area contributed by atoms with Crippen LogP contribution in [0.1, 0.15) is 24.8 Å². The molecule has 1 heterocycles. The molecule has 0 spiro atoms. The molecule has 3 nitrogen and oxygen atoms in total. The Hall–Kier alpha value is -1.29. The van der Waals surface area contributed by atoms with E-state index in [1.807, 2.05) is 5.38 Å². The minimum Gasteiger partial charge on any atom is -0.512 e. The number of aliphatic hydroxyl groups excluding tert-OH is 2. The lowest BCUT2D eigenvalue weighted by Gasteiger charge is -2.19. The number of nitrogens with zero attached hydrogens (tertiary/aromatic N) is 1. The third-order valence-electron chi connectivity index (χ3n) is 2.84. The Bertz CT molecular complexity index is 420. The van der Waals surface area contributed by atoms with Gasteiger partial charge in [0.1, 0.15) is 5.76 Å². The van der Waals surface area contributed by atoms with Gasteiger partial charge >= 0.3 is 0 Å². The molecule has 0 fully saturated rings. The van der Waals surface area contributed by atoms with Crippen molar-refractivity contribution in [3.05, 3.63) is 39.8 Å². The monoisotopic (exact) mass is 237 g/mol. The van der Waals surface area contributed by atoms with Crippen LogP contribution in [0.2, 0.25) is 0 Å². The molecule has 0 saturated carbocycles. The number of allylic oxidation sites excluding steroid dienone is 3. The molecule has 1 aliphatic carbocycles. The first kappa shape index (κ1) is 11.2. The van der Waals surface area contributed by atoms with Crippen LogP contribution >= 0.6 is 11.3 Å². The molecule has 16 heavy (non-hydrogen) atoms. The minimum absolute atomic E-state index is 0.229. The molecule has 0 bridgehead atoms. The van der Waals surface area contributed by atoms with Crippen LogP contribution < -0.4 is 0 Å². The number of hydrogen-bond acceptors (Lipinski definition) is 4. The van der Waals surface area contributed by atoms with E-state index in [9.17, 15) is 10.2 Å². The number of thiazole rings is 1. The number of aromatic nitrogens is 1. The number of hydrogen-bond donors (Lipinski definition) is 2. The van der Waals surface area contributed by atoms with E-state index in [-0.39, 0.29) is 17.4 Å². The van der Waals surface area contributed by atoms with Crippen molar-refractivity contribution in [3.63, 3.8) is 0 Å². The van der Waals surface area contributed by atoms with Crippen molar-refractivity contribution in [3.8, 4) is 0 Å². The summed E-state index contributed by atoms with van der Waals surface area (Å²) in [6.07, 6.45) is 5.47. The van der Waals surface area contributed by atoms with Crippen molar-refractivity contribution in [2.24, 2.45) is 5.92 Å². The minimum atomic E-state index is 0.229. The van der Waals surface area contributed by atoms with E-state index >= 15 is 0 Å². The zero-order valence-corrected chi connectivity index (χ0v) is 10.00. The normalized spacial score (nSPS) is 18.4. The summed E-state index contributed by atoms with van der Waals surface area (Å²) in [5.41, 5.74) is 1.02. The van der Waals surface area contributed by atoms with Crippen LogP contribution in [0.5, 0.6) is 0 Å². The van der Waals surface area contributed by atoms with Crippen molar-refractivity contribution in [2.75, 3.05) is 0 Å². The van der Waals surface area contributed by atoms with Crippen molar-refractivity contribution in [1.29, 1.82) is 0 Å². The second-order valence-corrected chi connectivity index (χ2v) is 5.06. The highest BCUT2D eigenvalue weighted by atomic mass is 32.1. The topological polar surface area (TPSA) is 53.4 Å². The highest BCUT2D eigenvalue weighted by Gasteiger charge is 2.18. The van der Waals surface area contributed by atoms with E-state index in [4.69, 9.17) is 0 Å². The van der Waals surface area contributed by atoms with E-state index in [1.54, 1.807) is 17.5 Å². The molecular formula is C12H15NO2S. The van der Waals surface area contributed by atoms with Gasteiger partial charge in [-0.3, -0.25) is 0 Å². The molecule has 1 atom stereocenters. The number of aliphatic hydroxyl groups is 2. The Kier molecular flexibility index (Phi) is 3.29. The summed E-state index contributed by atoms with van der Waals surface area (Å²) in [5.74, 6) is 0.769. The molecule has 2 N–H and O–H groups in total. The van der Waals surface area contributed by atoms with E-state index in [0.717, 1.165) is 23.4 Å². The molecule has 86 valence electrons. The smallest absolute Gasteiger partial charge is 0.118 e. The lowest BCUT2D eigenvalue weighted by molar-refractivity contribution is 0.349. The third-order valence-corrected chi connectivity index (χ3v) is 3.64. The zero-order chi connectivity index (χ0) is 11.5. The molecule has 0 radical (unpaired) electrons. The maximum atomic E-state index is 9.76. The van der Waals surface area contributed by atoms with Gasteiger partial charge in [0, 0.05) is 30.5 Å². The van der Waals surface area contributed by atoms with Crippen LogP contribution in [-0.4, -0.2) is 15.2 Å². The first-order chi connectivity index (χ1) is 7.66. The zero-order valence-electron chi connectivity index (χ0n) is 9.18. The summed E-state index contributed by atoms with van der Waals surface area (Å²) < 4.78 is 0. The third kappa shape index (κ3) is 2.44. The van der Waals surface area contributed by atoms with Gasteiger partial charge in [-0.25, -0.2) is 4.98 Å². The van der Waals surface area contributed by atoms with Gasteiger partial charge in [0.2, 0.25) is 0 Å². The molecule has 0 saturated heterocycles. The largest absolute Gasteiger partial charge is 0.512 e.